The molecule has 78 valence electrons. The lowest BCUT2D eigenvalue weighted by atomic mass is 10.2. The number of rotatable bonds is 3. The van der Waals surface area contributed by atoms with Gasteiger partial charge in [-0.2, -0.15) is 0 Å². The molecule has 2 rings (SSSR count). The predicted molar refractivity (Wildman–Crippen MR) is 62.8 cm³/mol. The summed E-state index contributed by atoms with van der Waals surface area (Å²) in [7, 11) is 0. The molecule has 2 aromatic heterocycles. The molecule has 0 saturated heterocycles. The monoisotopic (exact) mass is 210 g/mol. The Morgan fingerprint density at radius 3 is 2.31 bits per heavy atom. The Hall–Kier alpha value is -2.29. The molecule has 0 amide bonds. The van der Waals surface area contributed by atoms with E-state index in [-0.39, 0.29) is 0 Å². The molecule has 3 nitrogen and oxygen atoms in total. The second kappa shape index (κ2) is 4.98. The first-order valence-electron chi connectivity index (χ1n) is 4.89. The summed E-state index contributed by atoms with van der Waals surface area (Å²) in [6.07, 6.45) is 7.80. The Kier molecular flexibility index (Phi) is 3.18. The molecule has 0 fully saturated rings. The fourth-order valence-corrected chi connectivity index (χ4v) is 1.23. The number of carbonyl (C=O) groups excluding carboxylic acids is 1. The van der Waals surface area contributed by atoms with Crippen molar-refractivity contribution in [1.82, 2.24) is 9.97 Å². The first-order chi connectivity index (χ1) is 7.88. The first kappa shape index (κ1) is 10.2. The van der Waals surface area contributed by atoms with Crippen LogP contribution < -0.4 is 0 Å². The van der Waals surface area contributed by atoms with E-state index in [9.17, 15) is 4.79 Å². The highest BCUT2D eigenvalue weighted by Crippen LogP contribution is 2.04. The fourth-order valence-electron chi connectivity index (χ4n) is 1.23. The van der Waals surface area contributed by atoms with Gasteiger partial charge < -0.3 is 0 Å². The van der Waals surface area contributed by atoms with Crippen LogP contribution in [0.5, 0.6) is 0 Å². The maximum absolute atomic E-state index is 10.4. The van der Waals surface area contributed by atoms with Gasteiger partial charge in [-0.05, 0) is 36.4 Å². The molecule has 0 atom stereocenters. The Morgan fingerprint density at radius 1 is 0.938 bits per heavy atom. The second-order valence-electron chi connectivity index (χ2n) is 3.22. The molecule has 0 radical (unpaired) electrons. The van der Waals surface area contributed by atoms with E-state index in [0.29, 0.717) is 5.56 Å². The topological polar surface area (TPSA) is 42.9 Å². The lowest BCUT2D eigenvalue weighted by Gasteiger charge is -1.93. The molecule has 0 aliphatic carbocycles. The van der Waals surface area contributed by atoms with Crippen molar-refractivity contribution in [3.8, 4) is 0 Å². The summed E-state index contributed by atoms with van der Waals surface area (Å²) in [6.45, 7) is 0. The summed E-state index contributed by atoms with van der Waals surface area (Å²) in [6, 6.07) is 9.24. The third-order valence-electron chi connectivity index (χ3n) is 2.06. The SMILES string of the molecule is O=Cc1ccc(C=Cc2ccccn2)nc1. The Labute approximate surface area is 93.5 Å². The normalized spacial score (nSPS) is 10.5. The van der Waals surface area contributed by atoms with Crippen LogP contribution in [0.15, 0.2) is 42.7 Å². The van der Waals surface area contributed by atoms with Crippen molar-refractivity contribution in [3.05, 3.63) is 59.7 Å². The van der Waals surface area contributed by atoms with Crippen LogP contribution in [0.1, 0.15) is 21.7 Å². The van der Waals surface area contributed by atoms with E-state index in [1.54, 1.807) is 24.5 Å². The molecule has 16 heavy (non-hydrogen) atoms. The summed E-state index contributed by atoms with van der Waals surface area (Å²) < 4.78 is 0. The van der Waals surface area contributed by atoms with E-state index in [1.807, 2.05) is 30.4 Å². The standard InChI is InChI=1S/C13H10N2O/c16-10-11-4-5-13(15-9-11)7-6-12-3-1-2-8-14-12/h1-10H. The molecule has 0 N–H and O–H groups in total. The van der Waals surface area contributed by atoms with E-state index < -0.39 is 0 Å². The van der Waals surface area contributed by atoms with E-state index in [2.05, 4.69) is 9.97 Å². The number of nitrogens with zero attached hydrogens (tertiary/aromatic N) is 2. The summed E-state index contributed by atoms with van der Waals surface area (Å²) in [5.74, 6) is 0. The molecule has 0 spiro atoms. The maximum Gasteiger partial charge on any atom is 0.151 e. The average Bonchev–Trinajstić information content (AvgIpc) is 2.38. The summed E-state index contributed by atoms with van der Waals surface area (Å²) >= 11 is 0. The largest absolute Gasteiger partial charge is 0.298 e. The molecule has 0 aliphatic heterocycles. The van der Waals surface area contributed by atoms with Gasteiger partial charge >= 0.3 is 0 Å². The molecule has 2 heterocycles. The van der Waals surface area contributed by atoms with Crippen molar-refractivity contribution in [2.45, 2.75) is 0 Å². The fraction of sp³-hybridized carbons (Fsp3) is 0. The van der Waals surface area contributed by atoms with Crippen molar-refractivity contribution in [1.29, 1.82) is 0 Å². The summed E-state index contributed by atoms with van der Waals surface area (Å²) in [5, 5.41) is 0. The van der Waals surface area contributed by atoms with Gasteiger partial charge in [0, 0.05) is 18.0 Å². The van der Waals surface area contributed by atoms with Gasteiger partial charge in [-0.1, -0.05) is 6.07 Å². The predicted octanol–water partition coefficient (Wildman–Crippen LogP) is 2.46. The van der Waals surface area contributed by atoms with Crippen molar-refractivity contribution in [2.75, 3.05) is 0 Å². The lowest BCUT2D eigenvalue weighted by molar-refractivity contribution is 0.112. The van der Waals surface area contributed by atoms with Gasteiger partial charge in [-0.15, -0.1) is 0 Å². The molecule has 0 aromatic carbocycles. The van der Waals surface area contributed by atoms with Gasteiger partial charge in [-0.25, -0.2) is 0 Å². The van der Waals surface area contributed by atoms with Crippen LogP contribution in [0.2, 0.25) is 0 Å². The number of carbonyl (C=O) groups is 1. The molecular weight excluding hydrogens is 200 g/mol. The highest BCUT2D eigenvalue weighted by Gasteiger charge is 1.91. The third kappa shape index (κ3) is 2.60. The molecule has 0 saturated carbocycles. The summed E-state index contributed by atoms with van der Waals surface area (Å²) in [5.41, 5.74) is 2.26. The molecule has 0 bridgehead atoms. The van der Waals surface area contributed by atoms with E-state index in [4.69, 9.17) is 0 Å². The van der Waals surface area contributed by atoms with E-state index in [0.717, 1.165) is 17.7 Å². The van der Waals surface area contributed by atoms with Crippen LogP contribution >= 0.6 is 0 Å². The van der Waals surface area contributed by atoms with Crippen LogP contribution in [0.3, 0.4) is 0 Å². The zero-order chi connectivity index (χ0) is 11.2. The summed E-state index contributed by atoms with van der Waals surface area (Å²) in [4.78, 5) is 18.7. The zero-order valence-corrected chi connectivity index (χ0v) is 8.58. The molecule has 2 aromatic rings. The minimum Gasteiger partial charge on any atom is -0.298 e. The highest BCUT2D eigenvalue weighted by atomic mass is 16.1. The smallest absolute Gasteiger partial charge is 0.151 e. The number of aldehydes is 1. The van der Waals surface area contributed by atoms with Gasteiger partial charge in [-0.3, -0.25) is 14.8 Å². The molecule has 3 heteroatoms. The van der Waals surface area contributed by atoms with Crippen LogP contribution in [-0.4, -0.2) is 16.3 Å². The number of pyridine rings is 2. The Bertz CT molecular complexity index is 489. The average molecular weight is 210 g/mol. The number of aromatic nitrogens is 2. The second-order valence-corrected chi connectivity index (χ2v) is 3.22. The minimum atomic E-state index is 0.579. The quantitative estimate of drug-likeness (QED) is 0.731. The van der Waals surface area contributed by atoms with Crippen molar-refractivity contribution in [3.63, 3.8) is 0 Å². The van der Waals surface area contributed by atoms with Gasteiger partial charge in [0.05, 0.1) is 11.4 Å². The Morgan fingerprint density at radius 2 is 1.75 bits per heavy atom. The molecule has 0 unspecified atom stereocenters. The highest BCUT2D eigenvalue weighted by molar-refractivity contribution is 5.75. The number of hydrogen-bond donors (Lipinski definition) is 0. The van der Waals surface area contributed by atoms with Crippen LogP contribution in [-0.2, 0) is 0 Å². The Balaban J connectivity index is 2.14. The molecule has 0 aliphatic rings. The van der Waals surface area contributed by atoms with Gasteiger partial charge in [0.1, 0.15) is 0 Å². The van der Waals surface area contributed by atoms with Crippen LogP contribution in [0.25, 0.3) is 12.2 Å². The molecular formula is C13H10N2O. The van der Waals surface area contributed by atoms with E-state index >= 15 is 0 Å². The minimum absolute atomic E-state index is 0.579. The van der Waals surface area contributed by atoms with Gasteiger partial charge in [0.25, 0.3) is 0 Å². The maximum atomic E-state index is 10.4. The van der Waals surface area contributed by atoms with Crippen molar-refractivity contribution >= 4 is 18.4 Å². The third-order valence-corrected chi connectivity index (χ3v) is 2.06. The zero-order valence-electron chi connectivity index (χ0n) is 8.58. The van der Waals surface area contributed by atoms with Crippen LogP contribution in [0.4, 0.5) is 0 Å². The van der Waals surface area contributed by atoms with Gasteiger partial charge in [0.2, 0.25) is 0 Å². The first-order valence-corrected chi connectivity index (χ1v) is 4.89. The van der Waals surface area contributed by atoms with Gasteiger partial charge in [0.15, 0.2) is 6.29 Å². The van der Waals surface area contributed by atoms with Crippen LogP contribution in [0, 0.1) is 0 Å². The number of hydrogen-bond acceptors (Lipinski definition) is 3. The van der Waals surface area contributed by atoms with Crippen molar-refractivity contribution in [2.24, 2.45) is 0 Å². The lowest BCUT2D eigenvalue weighted by Crippen LogP contribution is -1.84. The van der Waals surface area contributed by atoms with Crippen molar-refractivity contribution < 1.29 is 4.79 Å². The van der Waals surface area contributed by atoms with E-state index in [1.165, 1.54) is 0 Å².